The number of H-pyrrole nitrogens is 1. The van der Waals surface area contributed by atoms with Crippen LogP contribution in [0.25, 0.3) is 16.7 Å². The van der Waals surface area contributed by atoms with E-state index in [-0.39, 0.29) is 23.6 Å². The molecule has 4 heterocycles. The zero-order valence-electron chi connectivity index (χ0n) is 21.6. The van der Waals surface area contributed by atoms with Crippen molar-refractivity contribution >= 4 is 22.6 Å². The van der Waals surface area contributed by atoms with E-state index in [4.69, 9.17) is 4.74 Å². The van der Waals surface area contributed by atoms with Crippen LogP contribution < -0.4 is 10.4 Å². The maximum atomic E-state index is 13.7. The van der Waals surface area contributed by atoms with Gasteiger partial charge < -0.3 is 19.0 Å². The Morgan fingerprint density at radius 2 is 1.92 bits per heavy atom. The number of carbonyl (C=O) groups excluding carboxylic acids is 1. The standard InChI is InChI=1S/C30H31N5O3/c1-20-10-15-34-27(19-31-28(34)16-20)24(21-6-5-7-23(17-21)38-2)18-29(36)33-13-11-22(12-14-33)35-26-9-4-3-8-25(26)32-30(35)37/h3-10,15-17,19,22,24H,11-14,18H2,1-2H3,(H,32,37). The average molecular weight is 510 g/mol. The summed E-state index contributed by atoms with van der Waals surface area (Å²) < 4.78 is 9.41. The number of hydrogen-bond donors (Lipinski definition) is 1. The third kappa shape index (κ3) is 4.36. The Kier molecular flexibility index (Phi) is 6.23. The maximum absolute atomic E-state index is 13.7. The van der Waals surface area contributed by atoms with E-state index in [0.29, 0.717) is 19.5 Å². The van der Waals surface area contributed by atoms with Gasteiger partial charge in [-0.25, -0.2) is 9.78 Å². The Morgan fingerprint density at radius 1 is 1.11 bits per heavy atom. The number of rotatable bonds is 6. The predicted molar refractivity (Wildman–Crippen MR) is 147 cm³/mol. The van der Waals surface area contributed by atoms with Gasteiger partial charge in [0.15, 0.2) is 0 Å². The monoisotopic (exact) mass is 509 g/mol. The number of ether oxygens (including phenoxy) is 1. The molecule has 1 atom stereocenters. The highest BCUT2D eigenvalue weighted by molar-refractivity contribution is 5.78. The summed E-state index contributed by atoms with van der Waals surface area (Å²) in [4.78, 5) is 35.9. The molecule has 1 saturated heterocycles. The fourth-order valence-electron chi connectivity index (χ4n) is 5.73. The molecule has 0 aliphatic carbocycles. The number of benzene rings is 2. The second-order valence-electron chi connectivity index (χ2n) is 10.1. The van der Waals surface area contributed by atoms with Crippen molar-refractivity contribution in [1.82, 2.24) is 23.8 Å². The van der Waals surface area contributed by atoms with Crippen molar-refractivity contribution in [3.8, 4) is 5.75 Å². The average Bonchev–Trinajstić information content (AvgIpc) is 3.51. The molecular weight excluding hydrogens is 478 g/mol. The number of hydrogen-bond acceptors (Lipinski definition) is 4. The second-order valence-corrected chi connectivity index (χ2v) is 10.1. The Bertz CT molecular complexity index is 1670. The summed E-state index contributed by atoms with van der Waals surface area (Å²) in [5, 5.41) is 0. The van der Waals surface area contributed by atoms with Gasteiger partial charge in [0.2, 0.25) is 5.91 Å². The van der Waals surface area contributed by atoms with Crippen molar-refractivity contribution in [2.75, 3.05) is 20.2 Å². The first-order valence-electron chi connectivity index (χ1n) is 13.1. The molecule has 1 aliphatic rings. The van der Waals surface area contributed by atoms with Gasteiger partial charge in [0.05, 0.1) is 23.8 Å². The Labute approximate surface area is 220 Å². The Balaban J connectivity index is 1.25. The van der Waals surface area contributed by atoms with Crippen molar-refractivity contribution in [3.63, 3.8) is 0 Å². The van der Waals surface area contributed by atoms with Gasteiger partial charge in [-0.1, -0.05) is 24.3 Å². The van der Waals surface area contributed by atoms with Crippen molar-refractivity contribution < 1.29 is 9.53 Å². The van der Waals surface area contributed by atoms with Crippen LogP contribution in [0.4, 0.5) is 0 Å². The minimum atomic E-state index is -0.177. The molecule has 8 nitrogen and oxygen atoms in total. The zero-order valence-corrected chi connectivity index (χ0v) is 21.6. The molecule has 6 rings (SSSR count). The van der Waals surface area contributed by atoms with Gasteiger partial charge in [-0.3, -0.25) is 9.36 Å². The number of carbonyl (C=O) groups is 1. The minimum Gasteiger partial charge on any atom is -0.497 e. The first-order valence-corrected chi connectivity index (χ1v) is 13.1. The number of fused-ring (bicyclic) bond motifs is 2. The normalized spacial score (nSPS) is 15.3. The minimum absolute atomic E-state index is 0.0684. The molecule has 1 aliphatic heterocycles. The van der Waals surface area contributed by atoms with Crippen molar-refractivity contribution in [3.05, 3.63) is 100 Å². The number of methoxy groups -OCH3 is 1. The van der Waals surface area contributed by atoms with E-state index < -0.39 is 0 Å². The van der Waals surface area contributed by atoms with E-state index in [1.807, 2.05) is 83.4 Å². The van der Waals surface area contributed by atoms with Gasteiger partial charge >= 0.3 is 5.69 Å². The summed E-state index contributed by atoms with van der Waals surface area (Å²) in [6, 6.07) is 19.9. The second kappa shape index (κ2) is 9.85. The molecule has 8 heteroatoms. The lowest BCUT2D eigenvalue weighted by Gasteiger charge is -2.33. The van der Waals surface area contributed by atoms with Crippen LogP contribution in [0.15, 0.2) is 77.9 Å². The number of pyridine rings is 1. The fraction of sp³-hybridized carbons (Fsp3) is 0.300. The molecule has 0 saturated carbocycles. The molecule has 0 spiro atoms. The van der Waals surface area contributed by atoms with Gasteiger partial charge in [0.25, 0.3) is 0 Å². The first kappa shape index (κ1) is 24.0. The molecule has 194 valence electrons. The summed E-state index contributed by atoms with van der Waals surface area (Å²) in [5.74, 6) is 0.684. The van der Waals surface area contributed by atoms with Crippen LogP contribution in [0.2, 0.25) is 0 Å². The number of nitrogens with one attached hydrogen (secondary N) is 1. The van der Waals surface area contributed by atoms with E-state index in [9.17, 15) is 9.59 Å². The molecule has 1 N–H and O–H groups in total. The zero-order chi connectivity index (χ0) is 26.2. The number of aromatic amines is 1. The number of imidazole rings is 2. The van der Waals surface area contributed by atoms with E-state index in [0.717, 1.165) is 52.1 Å². The predicted octanol–water partition coefficient (Wildman–Crippen LogP) is 4.68. The summed E-state index contributed by atoms with van der Waals surface area (Å²) in [6.07, 6.45) is 5.71. The van der Waals surface area contributed by atoms with E-state index >= 15 is 0 Å². The van der Waals surface area contributed by atoms with E-state index in [1.54, 1.807) is 7.11 Å². The SMILES string of the molecule is COc1cccc(C(CC(=O)N2CCC(n3c(=O)[nH]c4ccccc43)CC2)c2cnc3cc(C)ccn23)c1. The van der Waals surface area contributed by atoms with Gasteiger partial charge in [-0.15, -0.1) is 0 Å². The van der Waals surface area contributed by atoms with Gasteiger partial charge in [0, 0.05) is 43.9 Å². The molecule has 1 unspecified atom stereocenters. The third-order valence-corrected chi connectivity index (χ3v) is 7.74. The topological polar surface area (TPSA) is 84.6 Å². The van der Waals surface area contributed by atoms with Crippen LogP contribution in [0.1, 0.15) is 48.0 Å². The molecule has 0 radical (unpaired) electrons. The number of aryl methyl sites for hydroxylation is 1. The molecule has 1 fully saturated rings. The highest BCUT2D eigenvalue weighted by atomic mass is 16.5. The van der Waals surface area contributed by atoms with Crippen molar-refractivity contribution in [2.24, 2.45) is 0 Å². The van der Waals surface area contributed by atoms with Crippen LogP contribution in [-0.2, 0) is 4.79 Å². The maximum Gasteiger partial charge on any atom is 0.326 e. The highest BCUT2D eigenvalue weighted by Crippen LogP contribution is 2.33. The largest absolute Gasteiger partial charge is 0.497 e. The molecule has 2 aromatic carbocycles. The summed E-state index contributed by atoms with van der Waals surface area (Å²) in [5.41, 5.74) is 5.67. The van der Waals surface area contributed by atoms with Crippen LogP contribution in [-0.4, -0.2) is 49.9 Å². The summed E-state index contributed by atoms with van der Waals surface area (Å²) in [6.45, 7) is 3.28. The summed E-state index contributed by atoms with van der Waals surface area (Å²) in [7, 11) is 1.65. The molecule has 0 bridgehead atoms. The number of amides is 1. The lowest BCUT2D eigenvalue weighted by Crippen LogP contribution is -2.41. The third-order valence-electron chi connectivity index (χ3n) is 7.74. The van der Waals surface area contributed by atoms with E-state index in [2.05, 4.69) is 20.4 Å². The number of piperidine rings is 1. The smallest absolute Gasteiger partial charge is 0.326 e. The van der Waals surface area contributed by atoms with Crippen LogP contribution in [0.3, 0.4) is 0 Å². The molecule has 38 heavy (non-hydrogen) atoms. The van der Waals surface area contributed by atoms with Gasteiger partial charge in [-0.05, 0) is 67.3 Å². The Morgan fingerprint density at radius 3 is 2.74 bits per heavy atom. The molecule has 5 aromatic rings. The van der Waals surface area contributed by atoms with E-state index in [1.165, 1.54) is 0 Å². The van der Waals surface area contributed by atoms with Crippen molar-refractivity contribution in [2.45, 2.75) is 38.1 Å². The van der Waals surface area contributed by atoms with Gasteiger partial charge in [0.1, 0.15) is 11.4 Å². The molecular formula is C30H31N5O3. The quantitative estimate of drug-likeness (QED) is 0.360. The van der Waals surface area contributed by atoms with Crippen molar-refractivity contribution in [1.29, 1.82) is 0 Å². The van der Waals surface area contributed by atoms with Crippen LogP contribution in [0, 0.1) is 6.92 Å². The number of aromatic nitrogens is 4. The highest BCUT2D eigenvalue weighted by Gasteiger charge is 2.29. The first-order chi connectivity index (χ1) is 18.5. The van der Waals surface area contributed by atoms with Crippen LogP contribution in [0.5, 0.6) is 5.75 Å². The number of nitrogens with zero attached hydrogens (tertiary/aromatic N) is 4. The van der Waals surface area contributed by atoms with Crippen LogP contribution >= 0.6 is 0 Å². The lowest BCUT2D eigenvalue weighted by atomic mass is 9.91. The van der Waals surface area contributed by atoms with Gasteiger partial charge in [-0.2, -0.15) is 0 Å². The fourth-order valence-corrected chi connectivity index (χ4v) is 5.73. The number of para-hydroxylation sites is 2. The Hall–Kier alpha value is -4.33. The molecule has 3 aromatic heterocycles. The summed E-state index contributed by atoms with van der Waals surface area (Å²) >= 11 is 0. The molecule has 1 amide bonds. The number of likely N-dealkylation sites (tertiary alicyclic amines) is 1. The lowest BCUT2D eigenvalue weighted by molar-refractivity contribution is -0.132.